The predicted octanol–water partition coefficient (Wildman–Crippen LogP) is 2.85. The SMILES string of the molecule is [N-]=[N+]=NCC=Cc1cccc(C(=O)O)c1F. The van der Waals surface area contributed by atoms with E-state index in [1.54, 1.807) is 0 Å². The van der Waals surface area contributed by atoms with Crippen LogP contribution in [0, 0.1) is 5.82 Å². The normalized spacial score (nSPS) is 10.1. The third kappa shape index (κ3) is 2.83. The second-order valence-electron chi connectivity index (χ2n) is 2.83. The van der Waals surface area contributed by atoms with Crippen LogP contribution in [0.3, 0.4) is 0 Å². The summed E-state index contributed by atoms with van der Waals surface area (Å²) >= 11 is 0. The lowest BCUT2D eigenvalue weighted by atomic mass is 10.1. The molecule has 0 bridgehead atoms. The summed E-state index contributed by atoms with van der Waals surface area (Å²) in [6, 6.07) is 4.07. The van der Waals surface area contributed by atoms with Crippen LogP contribution >= 0.6 is 0 Å². The fourth-order valence-electron chi connectivity index (χ4n) is 1.11. The smallest absolute Gasteiger partial charge is 0.338 e. The summed E-state index contributed by atoms with van der Waals surface area (Å²) in [7, 11) is 0. The molecule has 0 amide bonds. The van der Waals surface area contributed by atoms with E-state index in [1.807, 2.05) is 0 Å². The van der Waals surface area contributed by atoms with Gasteiger partial charge in [-0.15, -0.1) is 0 Å². The average molecular weight is 221 g/mol. The number of halogens is 1. The Morgan fingerprint density at radius 3 is 3.00 bits per heavy atom. The van der Waals surface area contributed by atoms with Gasteiger partial charge in [0.05, 0.1) is 5.56 Å². The highest BCUT2D eigenvalue weighted by atomic mass is 19.1. The van der Waals surface area contributed by atoms with Crippen LogP contribution in [0.1, 0.15) is 15.9 Å². The molecule has 16 heavy (non-hydrogen) atoms. The van der Waals surface area contributed by atoms with Crippen molar-refractivity contribution in [3.05, 3.63) is 51.7 Å². The summed E-state index contributed by atoms with van der Waals surface area (Å²) in [4.78, 5) is 13.1. The molecule has 0 aliphatic carbocycles. The number of rotatable bonds is 4. The molecule has 0 aliphatic rings. The Morgan fingerprint density at radius 1 is 1.62 bits per heavy atom. The van der Waals surface area contributed by atoms with Crippen molar-refractivity contribution in [1.82, 2.24) is 0 Å². The van der Waals surface area contributed by atoms with Gasteiger partial charge in [-0.1, -0.05) is 29.4 Å². The first-order valence-electron chi connectivity index (χ1n) is 4.36. The number of nitrogens with zero attached hydrogens (tertiary/aromatic N) is 3. The summed E-state index contributed by atoms with van der Waals surface area (Å²) in [5, 5.41) is 11.9. The molecule has 0 spiro atoms. The van der Waals surface area contributed by atoms with Crippen LogP contribution in [0.25, 0.3) is 16.5 Å². The van der Waals surface area contributed by atoms with Gasteiger partial charge in [-0.2, -0.15) is 0 Å². The molecule has 0 heterocycles. The Labute approximate surface area is 90.5 Å². The third-order valence-corrected chi connectivity index (χ3v) is 1.81. The Morgan fingerprint density at radius 2 is 2.38 bits per heavy atom. The Bertz CT molecular complexity index is 479. The summed E-state index contributed by atoms with van der Waals surface area (Å²) < 4.78 is 13.5. The first-order chi connectivity index (χ1) is 7.66. The van der Waals surface area contributed by atoms with Crippen molar-refractivity contribution in [3.8, 4) is 0 Å². The maximum atomic E-state index is 13.5. The maximum Gasteiger partial charge on any atom is 0.338 e. The molecule has 0 radical (unpaired) electrons. The minimum atomic E-state index is -1.32. The van der Waals surface area contributed by atoms with Gasteiger partial charge in [0.2, 0.25) is 0 Å². The van der Waals surface area contributed by atoms with E-state index in [2.05, 4.69) is 10.0 Å². The number of hydrogen-bond acceptors (Lipinski definition) is 2. The van der Waals surface area contributed by atoms with Crippen LogP contribution in [-0.2, 0) is 0 Å². The fraction of sp³-hybridized carbons (Fsp3) is 0.100. The summed E-state index contributed by atoms with van der Waals surface area (Å²) in [6.07, 6.45) is 2.82. The van der Waals surface area contributed by atoms with E-state index >= 15 is 0 Å². The molecular weight excluding hydrogens is 213 g/mol. The molecule has 1 rings (SSSR count). The largest absolute Gasteiger partial charge is 0.478 e. The van der Waals surface area contributed by atoms with Crippen LogP contribution in [-0.4, -0.2) is 17.6 Å². The van der Waals surface area contributed by atoms with E-state index in [4.69, 9.17) is 10.6 Å². The van der Waals surface area contributed by atoms with E-state index < -0.39 is 11.8 Å². The molecule has 0 unspecified atom stereocenters. The van der Waals surface area contributed by atoms with Crippen LogP contribution in [0.2, 0.25) is 0 Å². The van der Waals surface area contributed by atoms with Gasteiger partial charge in [0.15, 0.2) is 0 Å². The lowest BCUT2D eigenvalue weighted by Crippen LogP contribution is -2.01. The number of azide groups is 1. The van der Waals surface area contributed by atoms with Gasteiger partial charge in [0.25, 0.3) is 0 Å². The van der Waals surface area contributed by atoms with Crippen molar-refractivity contribution in [1.29, 1.82) is 0 Å². The number of hydrogen-bond donors (Lipinski definition) is 1. The number of aromatic carboxylic acids is 1. The zero-order valence-corrected chi connectivity index (χ0v) is 8.17. The van der Waals surface area contributed by atoms with Gasteiger partial charge in [0.1, 0.15) is 5.82 Å². The van der Waals surface area contributed by atoms with Gasteiger partial charge in [0, 0.05) is 17.0 Å². The quantitative estimate of drug-likeness (QED) is 0.481. The van der Waals surface area contributed by atoms with Crippen molar-refractivity contribution < 1.29 is 14.3 Å². The monoisotopic (exact) mass is 221 g/mol. The second kappa shape index (κ2) is 5.53. The number of carboxylic acids is 1. The van der Waals surface area contributed by atoms with E-state index in [0.717, 1.165) is 0 Å². The van der Waals surface area contributed by atoms with Crippen LogP contribution < -0.4 is 0 Å². The molecule has 82 valence electrons. The molecule has 6 heteroatoms. The fourth-order valence-corrected chi connectivity index (χ4v) is 1.11. The highest BCUT2D eigenvalue weighted by Crippen LogP contribution is 2.14. The van der Waals surface area contributed by atoms with Gasteiger partial charge in [-0.05, 0) is 11.6 Å². The van der Waals surface area contributed by atoms with E-state index in [0.29, 0.717) is 0 Å². The van der Waals surface area contributed by atoms with Gasteiger partial charge in [-0.25, -0.2) is 9.18 Å². The number of carbonyl (C=O) groups is 1. The van der Waals surface area contributed by atoms with Gasteiger partial charge < -0.3 is 5.11 Å². The Kier molecular flexibility index (Phi) is 4.06. The highest BCUT2D eigenvalue weighted by Gasteiger charge is 2.11. The van der Waals surface area contributed by atoms with E-state index in [1.165, 1.54) is 30.4 Å². The Balaban J connectivity index is 2.97. The molecule has 1 aromatic rings. The van der Waals surface area contributed by atoms with Crippen LogP contribution in [0.4, 0.5) is 4.39 Å². The maximum absolute atomic E-state index is 13.5. The van der Waals surface area contributed by atoms with Gasteiger partial charge in [-0.3, -0.25) is 0 Å². The molecule has 1 aromatic carbocycles. The second-order valence-corrected chi connectivity index (χ2v) is 2.83. The van der Waals surface area contributed by atoms with Crippen molar-refractivity contribution in [2.24, 2.45) is 5.11 Å². The van der Waals surface area contributed by atoms with Crippen LogP contribution in [0.5, 0.6) is 0 Å². The molecule has 0 aliphatic heterocycles. The lowest BCUT2D eigenvalue weighted by Gasteiger charge is -2.00. The summed E-state index contributed by atoms with van der Waals surface area (Å²) in [5.41, 5.74) is 7.77. The highest BCUT2D eigenvalue weighted by molar-refractivity contribution is 5.88. The molecule has 5 nitrogen and oxygen atoms in total. The molecule has 0 fully saturated rings. The first kappa shape index (κ1) is 11.7. The molecule has 0 saturated carbocycles. The minimum Gasteiger partial charge on any atom is -0.478 e. The Hall–Kier alpha value is -2.33. The average Bonchev–Trinajstić information content (AvgIpc) is 2.26. The van der Waals surface area contributed by atoms with Crippen molar-refractivity contribution in [3.63, 3.8) is 0 Å². The first-order valence-corrected chi connectivity index (χ1v) is 4.36. The predicted molar refractivity (Wildman–Crippen MR) is 56.4 cm³/mol. The minimum absolute atomic E-state index is 0.0905. The van der Waals surface area contributed by atoms with Crippen LogP contribution in [0.15, 0.2) is 29.4 Å². The number of carboxylic acid groups (broad SMARTS) is 1. The van der Waals surface area contributed by atoms with Gasteiger partial charge >= 0.3 is 5.97 Å². The van der Waals surface area contributed by atoms with Crippen molar-refractivity contribution in [2.45, 2.75) is 0 Å². The van der Waals surface area contributed by atoms with E-state index in [-0.39, 0.29) is 17.7 Å². The third-order valence-electron chi connectivity index (χ3n) is 1.81. The topological polar surface area (TPSA) is 86.1 Å². The molecule has 0 saturated heterocycles. The zero-order valence-electron chi connectivity index (χ0n) is 8.17. The molecule has 1 N–H and O–H groups in total. The standard InChI is InChI=1S/C10H8FN3O2/c11-9-7(4-2-6-13-14-12)3-1-5-8(9)10(15)16/h1-5H,6H2,(H,15,16). The molecule has 0 aromatic heterocycles. The zero-order chi connectivity index (χ0) is 12.0. The number of benzene rings is 1. The van der Waals surface area contributed by atoms with E-state index in [9.17, 15) is 9.18 Å². The molecule has 0 atom stereocenters. The summed E-state index contributed by atoms with van der Waals surface area (Å²) in [6.45, 7) is 0.0905. The van der Waals surface area contributed by atoms with Crippen molar-refractivity contribution >= 4 is 12.0 Å². The lowest BCUT2D eigenvalue weighted by molar-refractivity contribution is 0.0692. The van der Waals surface area contributed by atoms with Crippen molar-refractivity contribution in [2.75, 3.05) is 6.54 Å². The summed E-state index contributed by atoms with van der Waals surface area (Å²) in [5.74, 6) is -2.12. The molecular formula is C10H8FN3O2.